The van der Waals surface area contributed by atoms with Gasteiger partial charge in [0.25, 0.3) is 0 Å². The largest absolute Gasteiger partial charge is 0.486 e. The SMILES string of the molecule is Cc1nn(C)c(COc2cc(Br)ccc2C(=O)O)c1Br. The van der Waals surface area contributed by atoms with Crippen LogP contribution in [0, 0.1) is 6.92 Å². The normalized spacial score (nSPS) is 10.6. The van der Waals surface area contributed by atoms with Crippen molar-refractivity contribution in [3.63, 3.8) is 0 Å². The van der Waals surface area contributed by atoms with Crippen molar-refractivity contribution < 1.29 is 14.6 Å². The number of hydrogen-bond donors (Lipinski definition) is 1. The Morgan fingerprint density at radius 1 is 1.45 bits per heavy atom. The van der Waals surface area contributed by atoms with Gasteiger partial charge in [0.1, 0.15) is 17.9 Å². The van der Waals surface area contributed by atoms with E-state index in [0.717, 1.165) is 20.3 Å². The number of hydrogen-bond acceptors (Lipinski definition) is 3. The van der Waals surface area contributed by atoms with Crippen LogP contribution >= 0.6 is 31.9 Å². The third-order valence-electron chi connectivity index (χ3n) is 2.80. The highest BCUT2D eigenvalue weighted by Crippen LogP contribution is 2.26. The van der Waals surface area contributed by atoms with E-state index >= 15 is 0 Å². The van der Waals surface area contributed by atoms with Crippen LogP contribution in [0.25, 0.3) is 0 Å². The van der Waals surface area contributed by atoms with Gasteiger partial charge in [0, 0.05) is 11.5 Å². The molecule has 0 aliphatic rings. The van der Waals surface area contributed by atoms with Crippen LogP contribution in [0.5, 0.6) is 5.75 Å². The lowest BCUT2D eigenvalue weighted by molar-refractivity contribution is 0.0691. The molecule has 0 aliphatic heterocycles. The molecule has 0 unspecified atom stereocenters. The number of benzene rings is 1. The Morgan fingerprint density at radius 2 is 2.15 bits per heavy atom. The van der Waals surface area contributed by atoms with E-state index in [4.69, 9.17) is 9.84 Å². The Kier molecular flexibility index (Phi) is 4.49. The highest BCUT2D eigenvalue weighted by Gasteiger charge is 2.15. The molecule has 0 atom stereocenters. The van der Waals surface area contributed by atoms with Crippen LogP contribution in [0.15, 0.2) is 27.1 Å². The van der Waals surface area contributed by atoms with Crippen molar-refractivity contribution in [1.82, 2.24) is 9.78 Å². The first-order chi connectivity index (χ1) is 9.40. The molecule has 0 radical (unpaired) electrons. The number of carboxylic acid groups (broad SMARTS) is 1. The van der Waals surface area contributed by atoms with Gasteiger partial charge in [0.2, 0.25) is 0 Å². The summed E-state index contributed by atoms with van der Waals surface area (Å²) in [4.78, 5) is 11.2. The lowest BCUT2D eigenvalue weighted by Crippen LogP contribution is -2.07. The van der Waals surface area contributed by atoms with Gasteiger partial charge in [0.05, 0.1) is 15.9 Å². The predicted octanol–water partition coefficient (Wildman–Crippen LogP) is 3.53. The molecule has 5 nitrogen and oxygen atoms in total. The molecular formula is C13H12Br2N2O3. The van der Waals surface area contributed by atoms with Crippen molar-refractivity contribution >= 4 is 37.8 Å². The Bertz CT molecular complexity index is 668. The minimum atomic E-state index is -1.02. The van der Waals surface area contributed by atoms with Gasteiger partial charge in [0.15, 0.2) is 0 Å². The van der Waals surface area contributed by atoms with Crippen LogP contribution in [0.3, 0.4) is 0 Å². The Hall–Kier alpha value is -1.34. The number of carbonyl (C=O) groups is 1. The highest BCUT2D eigenvalue weighted by atomic mass is 79.9. The number of halogens is 2. The van der Waals surface area contributed by atoms with Crippen molar-refractivity contribution in [2.75, 3.05) is 0 Å². The number of aryl methyl sites for hydroxylation is 2. The summed E-state index contributed by atoms with van der Waals surface area (Å²) in [5.41, 5.74) is 1.83. The molecule has 0 spiro atoms. The molecule has 0 saturated carbocycles. The van der Waals surface area contributed by atoms with Crippen LogP contribution in [0.1, 0.15) is 21.7 Å². The molecule has 1 heterocycles. The fourth-order valence-electron chi connectivity index (χ4n) is 1.78. The van der Waals surface area contributed by atoms with E-state index in [0.29, 0.717) is 5.75 Å². The van der Waals surface area contributed by atoms with E-state index in [1.807, 2.05) is 14.0 Å². The fourth-order valence-corrected chi connectivity index (χ4v) is 2.57. The summed E-state index contributed by atoms with van der Waals surface area (Å²) in [7, 11) is 1.81. The molecule has 0 bridgehead atoms. The van der Waals surface area contributed by atoms with E-state index in [9.17, 15) is 4.79 Å². The third kappa shape index (κ3) is 3.04. The maximum Gasteiger partial charge on any atom is 0.339 e. The van der Waals surface area contributed by atoms with E-state index in [2.05, 4.69) is 37.0 Å². The van der Waals surface area contributed by atoms with Crippen molar-refractivity contribution in [3.05, 3.63) is 44.1 Å². The van der Waals surface area contributed by atoms with Crippen LogP contribution in [-0.4, -0.2) is 20.9 Å². The molecular weight excluding hydrogens is 392 g/mol. The van der Waals surface area contributed by atoms with E-state index < -0.39 is 5.97 Å². The van der Waals surface area contributed by atoms with E-state index in [-0.39, 0.29) is 12.2 Å². The Morgan fingerprint density at radius 3 is 2.70 bits per heavy atom. The predicted molar refractivity (Wildman–Crippen MR) is 81.1 cm³/mol. The zero-order valence-electron chi connectivity index (χ0n) is 10.9. The summed E-state index contributed by atoms with van der Waals surface area (Å²) in [5, 5.41) is 13.4. The Balaban J connectivity index is 2.27. The molecule has 1 aromatic carbocycles. The number of ether oxygens (including phenoxy) is 1. The van der Waals surface area contributed by atoms with Crippen LogP contribution in [0.4, 0.5) is 0 Å². The second-order valence-corrected chi connectivity index (χ2v) is 5.91. The summed E-state index contributed by atoms with van der Waals surface area (Å²) in [6, 6.07) is 4.81. The van der Waals surface area contributed by atoms with Gasteiger partial charge in [-0.1, -0.05) is 15.9 Å². The van der Waals surface area contributed by atoms with Gasteiger partial charge >= 0.3 is 5.97 Å². The van der Waals surface area contributed by atoms with Crippen molar-refractivity contribution in [2.24, 2.45) is 7.05 Å². The van der Waals surface area contributed by atoms with Gasteiger partial charge in [-0.15, -0.1) is 0 Å². The fraction of sp³-hybridized carbons (Fsp3) is 0.231. The molecule has 0 aliphatic carbocycles. The average Bonchev–Trinajstić information content (AvgIpc) is 2.61. The molecule has 106 valence electrons. The smallest absolute Gasteiger partial charge is 0.339 e. The van der Waals surface area contributed by atoms with Gasteiger partial charge < -0.3 is 9.84 Å². The first kappa shape index (κ1) is 15.1. The molecule has 0 amide bonds. The first-order valence-electron chi connectivity index (χ1n) is 5.73. The molecule has 1 N–H and O–H groups in total. The third-order valence-corrected chi connectivity index (χ3v) is 4.32. The van der Waals surface area contributed by atoms with Crippen molar-refractivity contribution in [3.8, 4) is 5.75 Å². The maximum absolute atomic E-state index is 11.2. The van der Waals surface area contributed by atoms with Gasteiger partial charge in [-0.3, -0.25) is 4.68 Å². The number of nitrogens with zero attached hydrogens (tertiary/aromatic N) is 2. The molecule has 7 heteroatoms. The monoisotopic (exact) mass is 402 g/mol. The average molecular weight is 404 g/mol. The number of rotatable bonds is 4. The molecule has 1 aromatic heterocycles. The number of aromatic nitrogens is 2. The highest BCUT2D eigenvalue weighted by molar-refractivity contribution is 9.10. The standard InChI is InChI=1S/C13H12Br2N2O3/c1-7-12(15)10(17(2)16-7)6-20-11-5-8(14)3-4-9(11)13(18)19/h3-5H,6H2,1-2H3,(H,18,19). The molecule has 2 rings (SSSR count). The first-order valence-corrected chi connectivity index (χ1v) is 7.32. The van der Waals surface area contributed by atoms with Gasteiger partial charge in [-0.05, 0) is 41.1 Å². The topological polar surface area (TPSA) is 64.4 Å². The van der Waals surface area contributed by atoms with Crippen LogP contribution in [-0.2, 0) is 13.7 Å². The second kappa shape index (κ2) is 5.97. The van der Waals surface area contributed by atoms with E-state index in [1.165, 1.54) is 6.07 Å². The second-order valence-electron chi connectivity index (χ2n) is 4.20. The molecule has 0 fully saturated rings. The lowest BCUT2D eigenvalue weighted by Gasteiger charge is -2.10. The summed E-state index contributed by atoms with van der Waals surface area (Å²) in [6.07, 6.45) is 0. The Labute approximate surface area is 132 Å². The van der Waals surface area contributed by atoms with Crippen molar-refractivity contribution in [1.29, 1.82) is 0 Å². The molecule has 0 saturated heterocycles. The summed E-state index contributed by atoms with van der Waals surface area (Å²) >= 11 is 6.75. The zero-order chi connectivity index (χ0) is 14.9. The minimum Gasteiger partial charge on any atom is -0.486 e. The van der Waals surface area contributed by atoms with Gasteiger partial charge in [-0.25, -0.2) is 4.79 Å². The van der Waals surface area contributed by atoms with Crippen LogP contribution in [0.2, 0.25) is 0 Å². The zero-order valence-corrected chi connectivity index (χ0v) is 14.0. The summed E-state index contributed by atoms with van der Waals surface area (Å²) in [6.45, 7) is 2.12. The number of aromatic carboxylic acids is 1. The lowest BCUT2D eigenvalue weighted by atomic mass is 10.2. The van der Waals surface area contributed by atoms with E-state index in [1.54, 1.807) is 16.8 Å². The van der Waals surface area contributed by atoms with Crippen LogP contribution < -0.4 is 4.74 Å². The minimum absolute atomic E-state index is 0.128. The summed E-state index contributed by atoms with van der Waals surface area (Å²) in [5.74, 6) is -0.703. The van der Waals surface area contributed by atoms with Gasteiger partial charge in [-0.2, -0.15) is 5.10 Å². The molecule has 20 heavy (non-hydrogen) atoms. The molecule has 2 aromatic rings. The number of carboxylic acids is 1. The maximum atomic E-state index is 11.2. The quantitative estimate of drug-likeness (QED) is 0.847. The summed E-state index contributed by atoms with van der Waals surface area (Å²) < 4.78 is 8.97. The van der Waals surface area contributed by atoms with Crippen molar-refractivity contribution in [2.45, 2.75) is 13.5 Å².